The van der Waals surface area contributed by atoms with E-state index in [9.17, 15) is 0 Å². The molecule has 0 radical (unpaired) electrons. The molecule has 17 heavy (non-hydrogen) atoms. The third-order valence-electron chi connectivity index (χ3n) is 5.36. The number of rotatable bonds is 1. The highest BCUT2D eigenvalue weighted by Gasteiger charge is 2.50. The summed E-state index contributed by atoms with van der Waals surface area (Å²) < 4.78 is 2.24. The van der Waals surface area contributed by atoms with Crippen LogP contribution in [-0.2, 0) is 7.05 Å². The maximum atomic E-state index is 3.61. The molecule has 2 N–H and O–H groups in total. The summed E-state index contributed by atoms with van der Waals surface area (Å²) in [7, 11) is 2.14. The first kappa shape index (κ1) is 10.2. The number of nitrogens with zero attached hydrogens (tertiary/aromatic N) is 1. The van der Waals surface area contributed by atoms with Gasteiger partial charge in [-0.15, -0.1) is 0 Å². The summed E-state index contributed by atoms with van der Waals surface area (Å²) in [4.78, 5) is 0. The van der Waals surface area contributed by atoms with Crippen molar-refractivity contribution >= 4 is 0 Å². The minimum Gasteiger partial charge on any atom is -0.353 e. The van der Waals surface area contributed by atoms with Gasteiger partial charge in [-0.3, -0.25) is 5.43 Å². The zero-order chi connectivity index (χ0) is 11.4. The van der Waals surface area contributed by atoms with Crippen LogP contribution >= 0.6 is 0 Å². The molecule has 2 heterocycles. The highest BCUT2D eigenvalue weighted by atomic mass is 15.4. The van der Waals surface area contributed by atoms with Gasteiger partial charge in [0.15, 0.2) is 0 Å². The largest absolute Gasteiger partial charge is 0.353 e. The molecule has 1 aliphatic heterocycles. The number of nitrogens with one attached hydrogen (secondary N) is 2. The van der Waals surface area contributed by atoms with E-state index >= 15 is 0 Å². The van der Waals surface area contributed by atoms with Crippen LogP contribution in [-0.4, -0.2) is 10.6 Å². The van der Waals surface area contributed by atoms with Crippen molar-refractivity contribution in [1.82, 2.24) is 15.4 Å². The van der Waals surface area contributed by atoms with E-state index in [4.69, 9.17) is 0 Å². The Hall–Kier alpha value is -0.800. The third kappa shape index (κ3) is 1.42. The minimum atomic E-state index is 0.496. The molecule has 4 rings (SSSR count). The van der Waals surface area contributed by atoms with Crippen molar-refractivity contribution < 1.29 is 0 Å². The summed E-state index contributed by atoms with van der Waals surface area (Å²) in [5.74, 6) is 2.86. The van der Waals surface area contributed by atoms with Crippen LogP contribution in [0.1, 0.15) is 37.4 Å². The highest BCUT2D eigenvalue weighted by molar-refractivity contribution is 5.14. The fourth-order valence-corrected chi connectivity index (χ4v) is 4.53. The van der Waals surface area contributed by atoms with Gasteiger partial charge in [0.1, 0.15) is 0 Å². The van der Waals surface area contributed by atoms with E-state index in [1.807, 2.05) is 0 Å². The molecule has 3 aliphatic rings. The van der Waals surface area contributed by atoms with Gasteiger partial charge in [0, 0.05) is 25.0 Å². The summed E-state index contributed by atoms with van der Waals surface area (Å²) in [5.41, 5.74) is 8.58. The van der Waals surface area contributed by atoms with Crippen LogP contribution in [0.5, 0.6) is 0 Å². The lowest BCUT2D eigenvalue weighted by molar-refractivity contribution is 0.136. The van der Waals surface area contributed by atoms with Gasteiger partial charge in [-0.25, -0.2) is 5.43 Å². The van der Waals surface area contributed by atoms with Crippen LogP contribution in [0.3, 0.4) is 0 Å². The average Bonchev–Trinajstić information content (AvgIpc) is 3.03. The van der Waals surface area contributed by atoms with Crippen LogP contribution in [0.25, 0.3) is 0 Å². The molecule has 3 nitrogen and oxygen atoms in total. The van der Waals surface area contributed by atoms with Crippen molar-refractivity contribution in [3.8, 4) is 0 Å². The van der Waals surface area contributed by atoms with Gasteiger partial charge in [-0.1, -0.05) is 0 Å². The van der Waals surface area contributed by atoms with Crippen molar-refractivity contribution in [2.24, 2.45) is 24.8 Å². The molecule has 0 amide bonds. The molecule has 2 saturated carbocycles. The molecule has 1 aromatic rings. The second kappa shape index (κ2) is 3.59. The summed E-state index contributed by atoms with van der Waals surface area (Å²) in [6, 6.07) is 5.64. The van der Waals surface area contributed by atoms with Crippen molar-refractivity contribution in [3.05, 3.63) is 24.0 Å². The fourth-order valence-electron chi connectivity index (χ4n) is 4.53. The molecule has 3 heteroatoms. The maximum Gasteiger partial charge on any atom is 0.0617 e. The van der Waals surface area contributed by atoms with E-state index in [1.165, 1.54) is 31.4 Å². The van der Waals surface area contributed by atoms with E-state index in [1.54, 1.807) is 0 Å². The zero-order valence-corrected chi connectivity index (χ0v) is 10.4. The predicted octanol–water partition coefficient (Wildman–Crippen LogP) is 1.98. The van der Waals surface area contributed by atoms with E-state index < -0.39 is 0 Å². The van der Waals surface area contributed by atoms with Crippen molar-refractivity contribution in [2.75, 3.05) is 0 Å². The summed E-state index contributed by atoms with van der Waals surface area (Å²) in [5, 5.41) is 0. The van der Waals surface area contributed by atoms with Crippen molar-refractivity contribution in [3.63, 3.8) is 0 Å². The van der Waals surface area contributed by atoms with Crippen LogP contribution in [0.4, 0.5) is 0 Å². The molecule has 0 spiro atoms. The van der Waals surface area contributed by atoms with Crippen LogP contribution < -0.4 is 10.9 Å². The lowest BCUT2D eigenvalue weighted by Crippen LogP contribution is -2.54. The molecule has 1 aromatic heterocycles. The van der Waals surface area contributed by atoms with Gasteiger partial charge in [0.05, 0.1) is 6.04 Å². The normalized spacial score (nSPS) is 43.9. The Labute approximate surface area is 103 Å². The van der Waals surface area contributed by atoms with E-state index in [0.29, 0.717) is 6.04 Å². The van der Waals surface area contributed by atoms with Gasteiger partial charge in [0.25, 0.3) is 0 Å². The molecule has 3 fully saturated rings. The first-order valence-electron chi connectivity index (χ1n) is 6.95. The van der Waals surface area contributed by atoms with Gasteiger partial charge < -0.3 is 4.57 Å². The van der Waals surface area contributed by atoms with Crippen molar-refractivity contribution in [2.45, 2.75) is 37.8 Å². The predicted molar refractivity (Wildman–Crippen MR) is 67.2 cm³/mol. The SMILES string of the molecule is Cn1cccc1C1CC2C3CCC(C3)C2NN1. The Balaban J connectivity index is 1.57. The van der Waals surface area contributed by atoms with Crippen LogP contribution in [0.2, 0.25) is 0 Å². The number of fused-ring (bicyclic) bond motifs is 5. The van der Waals surface area contributed by atoms with Gasteiger partial charge in [-0.05, 0) is 55.6 Å². The summed E-state index contributed by atoms with van der Waals surface area (Å²) >= 11 is 0. The van der Waals surface area contributed by atoms with Crippen molar-refractivity contribution in [1.29, 1.82) is 0 Å². The highest BCUT2D eigenvalue weighted by Crippen LogP contribution is 2.52. The molecule has 1 saturated heterocycles. The molecular weight excluding hydrogens is 210 g/mol. The molecule has 0 aromatic carbocycles. The van der Waals surface area contributed by atoms with E-state index in [0.717, 1.165) is 23.8 Å². The Morgan fingerprint density at radius 1 is 1.18 bits per heavy atom. The zero-order valence-electron chi connectivity index (χ0n) is 10.4. The molecule has 2 aliphatic carbocycles. The topological polar surface area (TPSA) is 29.0 Å². The average molecular weight is 231 g/mol. The number of hydrogen-bond donors (Lipinski definition) is 2. The summed E-state index contributed by atoms with van der Waals surface area (Å²) in [6.45, 7) is 0. The molecular formula is C14H21N3. The first-order chi connectivity index (χ1) is 8.33. The number of hydrogen-bond acceptors (Lipinski definition) is 2. The lowest BCUT2D eigenvalue weighted by Gasteiger charge is -2.40. The van der Waals surface area contributed by atoms with Crippen LogP contribution in [0, 0.1) is 17.8 Å². The molecule has 92 valence electrons. The van der Waals surface area contributed by atoms with Crippen LogP contribution in [0.15, 0.2) is 18.3 Å². The van der Waals surface area contributed by atoms with E-state index in [-0.39, 0.29) is 0 Å². The second-order valence-corrected chi connectivity index (χ2v) is 6.14. The van der Waals surface area contributed by atoms with Gasteiger partial charge in [-0.2, -0.15) is 0 Å². The smallest absolute Gasteiger partial charge is 0.0617 e. The Bertz CT molecular complexity index is 425. The Morgan fingerprint density at radius 2 is 2.06 bits per heavy atom. The molecule has 5 atom stereocenters. The first-order valence-corrected chi connectivity index (χ1v) is 6.95. The Morgan fingerprint density at radius 3 is 2.88 bits per heavy atom. The number of aryl methyl sites for hydroxylation is 1. The summed E-state index contributed by atoms with van der Waals surface area (Å²) in [6.07, 6.45) is 7.87. The number of aromatic nitrogens is 1. The minimum absolute atomic E-state index is 0.496. The third-order valence-corrected chi connectivity index (χ3v) is 5.36. The lowest BCUT2D eigenvalue weighted by atomic mass is 9.79. The van der Waals surface area contributed by atoms with Gasteiger partial charge >= 0.3 is 0 Å². The maximum absolute atomic E-state index is 3.61. The monoisotopic (exact) mass is 231 g/mol. The standard InChI is InChI=1S/C14H21N3/c1-17-6-2-3-13(17)12-8-11-9-4-5-10(7-9)14(11)16-15-12/h2-3,6,9-12,14-16H,4-5,7-8H2,1H3. The second-order valence-electron chi connectivity index (χ2n) is 6.14. The molecule has 2 bridgehead atoms. The molecule has 5 unspecified atom stereocenters. The number of hydrazine groups is 1. The van der Waals surface area contributed by atoms with E-state index in [2.05, 4.69) is 40.8 Å². The fraction of sp³-hybridized carbons (Fsp3) is 0.714. The Kier molecular flexibility index (Phi) is 2.15. The van der Waals surface area contributed by atoms with Gasteiger partial charge in [0.2, 0.25) is 0 Å². The quantitative estimate of drug-likeness (QED) is 0.774.